The molecule has 2 N–H and O–H groups in total. The van der Waals surface area contributed by atoms with Gasteiger partial charge in [-0.25, -0.2) is 8.78 Å². The molecule has 0 amide bonds. The van der Waals surface area contributed by atoms with Gasteiger partial charge in [0.05, 0.1) is 5.60 Å². The molecule has 1 aromatic rings. The number of hydrogen-bond acceptors (Lipinski definition) is 3. The van der Waals surface area contributed by atoms with Gasteiger partial charge in [-0.3, -0.25) is 0 Å². The number of rotatable bonds is 5. The Kier molecular flexibility index (Phi) is 4.85. The van der Waals surface area contributed by atoms with Crippen LogP contribution in [-0.2, 0) is 11.3 Å². The van der Waals surface area contributed by atoms with E-state index in [1.165, 1.54) is 12.1 Å². The molecule has 19 heavy (non-hydrogen) atoms. The summed E-state index contributed by atoms with van der Waals surface area (Å²) in [4.78, 5) is 0. The average molecular weight is 271 g/mol. The van der Waals surface area contributed by atoms with Crippen LogP contribution in [0.1, 0.15) is 30.4 Å². The molecule has 0 unspecified atom stereocenters. The van der Waals surface area contributed by atoms with Gasteiger partial charge in [-0.15, -0.1) is 0 Å². The summed E-state index contributed by atoms with van der Waals surface area (Å²) in [5, 5.41) is 13.4. The Morgan fingerprint density at radius 1 is 1.32 bits per heavy atom. The molecule has 5 heteroatoms. The average Bonchev–Trinajstić information content (AvgIpc) is 2.39. The third-order valence-corrected chi connectivity index (χ3v) is 3.41. The van der Waals surface area contributed by atoms with Crippen LogP contribution in [-0.4, -0.2) is 30.5 Å². The highest BCUT2D eigenvalue weighted by molar-refractivity contribution is 5.24. The van der Waals surface area contributed by atoms with Gasteiger partial charge in [0.25, 0.3) is 6.43 Å². The standard InChI is InChI=1S/C14H19F2NO2/c15-13(16)12-3-1-2-11(8-12)9-17-10-14(18)4-6-19-7-5-14/h1-3,8,13,17-18H,4-7,9-10H2. The zero-order valence-electron chi connectivity index (χ0n) is 10.7. The fourth-order valence-corrected chi connectivity index (χ4v) is 2.21. The molecule has 3 nitrogen and oxygen atoms in total. The summed E-state index contributed by atoms with van der Waals surface area (Å²) in [5.74, 6) is 0. The number of nitrogens with one attached hydrogen (secondary N) is 1. The van der Waals surface area contributed by atoms with E-state index in [-0.39, 0.29) is 5.56 Å². The second kappa shape index (κ2) is 6.41. The van der Waals surface area contributed by atoms with Gasteiger partial charge >= 0.3 is 0 Å². The van der Waals surface area contributed by atoms with Crippen molar-refractivity contribution in [3.8, 4) is 0 Å². The van der Waals surface area contributed by atoms with E-state index in [0.29, 0.717) is 39.1 Å². The maximum atomic E-state index is 12.5. The molecule has 1 aliphatic rings. The summed E-state index contributed by atoms with van der Waals surface area (Å²) in [6.45, 7) is 2.07. The monoisotopic (exact) mass is 271 g/mol. The van der Waals surface area contributed by atoms with Crippen molar-refractivity contribution in [1.29, 1.82) is 0 Å². The molecule has 0 spiro atoms. The molecule has 0 aromatic heterocycles. The first-order chi connectivity index (χ1) is 9.09. The van der Waals surface area contributed by atoms with Crippen LogP contribution in [0.5, 0.6) is 0 Å². The Morgan fingerprint density at radius 2 is 2.05 bits per heavy atom. The molecule has 0 atom stereocenters. The van der Waals surface area contributed by atoms with Gasteiger partial charge in [-0.05, 0) is 11.6 Å². The van der Waals surface area contributed by atoms with E-state index in [1.54, 1.807) is 12.1 Å². The lowest BCUT2D eigenvalue weighted by atomic mass is 9.94. The largest absolute Gasteiger partial charge is 0.388 e. The van der Waals surface area contributed by atoms with Gasteiger partial charge in [0.1, 0.15) is 0 Å². The molecule has 106 valence electrons. The molecule has 2 rings (SSSR count). The van der Waals surface area contributed by atoms with Gasteiger partial charge in [0.2, 0.25) is 0 Å². The number of alkyl halides is 2. The first-order valence-electron chi connectivity index (χ1n) is 6.47. The lowest BCUT2D eigenvalue weighted by Crippen LogP contribution is -2.44. The summed E-state index contributed by atoms with van der Waals surface area (Å²) in [5.41, 5.74) is 0.0935. The lowest BCUT2D eigenvalue weighted by Gasteiger charge is -2.32. The smallest absolute Gasteiger partial charge is 0.263 e. The summed E-state index contributed by atoms with van der Waals surface area (Å²) in [6, 6.07) is 6.33. The second-order valence-corrected chi connectivity index (χ2v) is 4.99. The van der Waals surface area contributed by atoms with Crippen molar-refractivity contribution in [2.24, 2.45) is 0 Å². The molecule has 0 saturated carbocycles. The van der Waals surface area contributed by atoms with E-state index >= 15 is 0 Å². The molecule has 1 fully saturated rings. The number of hydrogen-bond donors (Lipinski definition) is 2. The summed E-state index contributed by atoms with van der Waals surface area (Å²) < 4.78 is 30.3. The summed E-state index contributed by atoms with van der Waals surface area (Å²) >= 11 is 0. The third kappa shape index (κ3) is 4.23. The van der Waals surface area contributed by atoms with Gasteiger partial charge in [-0.2, -0.15) is 0 Å². The van der Waals surface area contributed by atoms with Crippen LogP contribution in [0.4, 0.5) is 8.78 Å². The van der Waals surface area contributed by atoms with E-state index in [9.17, 15) is 13.9 Å². The highest BCUT2D eigenvalue weighted by atomic mass is 19.3. The van der Waals surface area contributed by atoms with E-state index in [1.807, 2.05) is 0 Å². The predicted octanol–water partition coefficient (Wildman–Crippen LogP) is 2.26. The van der Waals surface area contributed by atoms with Gasteiger partial charge < -0.3 is 15.2 Å². The van der Waals surface area contributed by atoms with E-state index in [2.05, 4.69) is 5.32 Å². The number of halogens is 2. The van der Waals surface area contributed by atoms with Crippen LogP contribution in [0.25, 0.3) is 0 Å². The fraction of sp³-hybridized carbons (Fsp3) is 0.571. The van der Waals surface area contributed by atoms with Crippen LogP contribution in [0, 0.1) is 0 Å². The van der Waals surface area contributed by atoms with Crippen LogP contribution in [0.15, 0.2) is 24.3 Å². The van der Waals surface area contributed by atoms with Crippen LogP contribution in [0.2, 0.25) is 0 Å². The van der Waals surface area contributed by atoms with Crippen LogP contribution >= 0.6 is 0 Å². The zero-order chi connectivity index (χ0) is 13.7. The van der Waals surface area contributed by atoms with Gasteiger partial charge in [0, 0.05) is 44.7 Å². The molecule has 0 bridgehead atoms. The zero-order valence-corrected chi connectivity index (χ0v) is 10.7. The number of aliphatic hydroxyl groups is 1. The Morgan fingerprint density at radius 3 is 2.74 bits per heavy atom. The molecule has 0 aliphatic carbocycles. The Balaban J connectivity index is 1.83. The molecular weight excluding hydrogens is 252 g/mol. The van der Waals surface area contributed by atoms with Crippen molar-refractivity contribution < 1.29 is 18.6 Å². The highest BCUT2D eigenvalue weighted by Gasteiger charge is 2.29. The predicted molar refractivity (Wildman–Crippen MR) is 68.1 cm³/mol. The van der Waals surface area contributed by atoms with Crippen molar-refractivity contribution in [3.63, 3.8) is 0 Å². The van der Waals surface area contributed by atoms with Crippen LogP contribution in [0.3, 0.4) is 0 Å². The minimum Gasteiger partial charge on any atom is -0.388 e. The fourth-order valence-electron chi connectivity index (χ4n) is 2.21. The normalized spacial score (nSPS) is 18.7. The summed E-state index contributed by atoms with van der Waals surface area (Å²) in [6.07, 6.45) is -1.23. The van der Waals surface area contributed by atoms with Gasteiger partial charge in [0.15, 0.2) is 0 Å². The van der Waals surface area contributed by atoms with Crippen LogP contribution < -0.4 is 5.32 Å². The molecule has 1 saturated heterocycles. The SMILES string of the molecule is OC1(CNCc2cccc(C(F)F)c2)CCOCC1. The molecule has 1 aromatic carbocycles. The van der Waals surface area contributed by atoms with E-state index in [4.69, 9.17) is 4.74 Å². The quantitative estimate of drug-likeness (QED) is 0.863. The first kappa shape index (κ1) is 14.4. The van der Waals surface area contributed by atoms with Crippen molar-refractivity contribution >= 4 is 0 Å². The molecule has 1 heterocycles. The van der Waals surface area contributed by atoms with Crippen molar-refractivity contribution in [3.05, 3.63) is 35.4 Å². The van der Waals surface area contributed by atoms with E-state index in [0.717, 1.165) is 5.56 Å². The van der Waals surface area contributed by atoms with Gasteiger partial charge in [-0.1, -0.05) is 18.2 Å². The first-order valence-corrected chi connectivity index (χ1v) is 6.47. The third-order valence-electron chi connectivity index (χ3n) is 3.41. The topological polar surface area (TPSA) is 41.5 Å². The number of benzene rings is 1. The van der Waals surface area contributed by atoms with Crippen molar-refractivity contribution in [2.75, 3.05) is 19.8 Å². The van der Waals surface area contributed by atoms with Crippen molar-refractivity contribution in [2.45, 2.75) is 31.4 Å². The Labute approximate surface area is 111 Å². The Hall–Kier alpha value is -1.04. The van der Waals surface area contributed by atoms with Crippen molar-refractivity contribution in [1.82, 2.24) is 5.32 Å². The Bertz CT molecular complexity index is 406. The maximum Gasteiger partial charge on any atom is 0.263 e. The maximum absolute atomic E-state index is 12.5. The number of ether oxygens (including phenoxy) is 1. The minimum absolute atomic E-state index is 0.0316. The van der Waals surface area contributed by atoms with E-state index < -0.39 is 12.0 Å². The highest BCUT2D eigenvalue weighted by Crippen LogP contribution is 2.21. The molecular formula is C14H19F2NO2. The molecule has 0 radical (unpaired) electrons. The lowest BCUT2D eigenvalue weighted by molar-refractivity contribution is -0.0617. The second-order valence-electron chi connectivity index (χ2n) is 4.99. The molecule has 1 aliphatic heterocycles. The minimum atomic E-state index is -2.44. The summed E-state index contributed by atoms with van der Waals surface area (Å²) in [7, 11) is 0.